The summed E-state index contributed by atoms with van der Waals surface area (Å²) in [5.41, 5.74) is 3.66. The quantitative estimate of drug-likeness (QED) is 0.853. The van der Waals surface area contributed by atoms with Gasteiger partial charge in [0.2, 0.25) is 0 Å². The molecule has 2 amide bonds. The molecular weight excluding hydrogens is 290 g/mol. The summed E-state index contributed by atoms with van der Waals surface area (Å²) in [5, 5.41) is 10.1. The molecule has 0 atom stereocenters. The molecule has 0 radical (unpaired) electrons. The standard InChI is InChI=1S/C14H18ClN5O/c1-9-11(10(2)19-18-9)6-8-20(3)14(21)17-12-5-4-7-16-13(12)15/h4-5,7H,6,8H2,1-3H3,(H,17,21)(H,18,19). The number of rotatable bonds is 4. The molecule has 0 aliphatic carbocycles. The first-order chi connectivity index (χ1) is 9.99. The van der Waals surface area contributed by atoms with Crippen LogP contribution in [0, 0.1) is 13.8 Å². The number of aromatic nitrogens is 3. The van der Waals surface area contributed by atoms with Crippen LogP contribution in [0.3, 0.4) is 0 Å². The van der Waals surface area contributed by atoms with E-state index in [4.69, 9.17) is 11.6 Å². The van der Waals surface area contributed by atoms with Gasteiger partial charge in [-0.1, -0.05) is 11.6 Å². The molecule has 0 aliphatic rings. The van der Waals surface area contributed by atoms with Crippen LogP contribution in [0.15, 0.2) is 18.3 Å². The Morgan fingerprint density at radius 2 is 2.24 bits per heavy atom. The number of urea groups is 1. The van der Waals surface area contributed by atoms with Crippen LogP contribution < -0.4 is 5.32 Å². The Morgan fingerprint density at radius 1 is 1.48 bits per heavy atom. The SMILES string of the molecule is Cc1n[nH]c(C)c1CCN(C)C(=O)Nc1cccnc1Cl. The third-order valence-electron chi connectivity index (χ3n) is 3.33. The van der Waals surface area contributed by atoms with Crippen LogP contribution in [0.5, 0.6) is 0 Å². The zero-order valence-corrected chi connectivity index (χ0v) is 13.0. The van der Waals surface area contributed by atoms with Gasteiger partial charge in [0.15, 0.2) is 5.15 Å². The molecular formula is C14H18ClN5O. The van der Waals surface area contributed by atoms with E-state index >= 15 is 0 Å². The van der Waals surface area contributed by atoms with Crippen LogP contribution in [0.4, 0.5) is 10.5 Å². The lowest BCUT2D eigenvalue weighted by atomic mass is 10.1. The minimum absolute atomic E-state index is 0.219. The topological polar surface area (TPSA) is 73.9 Å². The van der Waals surface area contributed by atoms with E-state index in [1.54, 1.807) is 30.3 Å². The maximum atomic E-state index is 12.1. The summed E-state index contributed by atoms with van der Waals surface area (Å²) >= 11 is 5.92. The van der Waals surface area contributed by atoms with Gasteiger partial charge in [0.25, 0.3) is 0 Å². The molecule has 0 aliphatic heterocycles. The van der Waals surface area contributed by atoms with Gasteiger partial charge in [-0.2, -0.15) is 5.10 Å². The highest BCUT2D eigenvalue weighted by molar-refractivity contribution is 6.32. The van der Waals surface area contributed by atoms with Crippen molar-refractivity contribution in [3.63, 3.8) is 0 Å². The van der Waals surface area contributed by atoms with Gasteiger partial charge < -0.3 is 10.2 Å². The third kappa shape index (κ3) is 3.72. The van der Waals surface area contributed by atoms with Gasteiger partial charge in [-0.15, -0.1) is 0 Å². The minimum Gasteiger partial charge on any atom is -0.327 e. The Balaban J connectivity index is 1.93. The van der Waals surface area contributed by atoms with Crippen LogP contribution >= 0.6 is 11.6 Å². The number of amides is 2. The second-order valence-corrected chi connectivity index (χ2v) is 5.21. The van der Waals surface area contributed by atoms with E-state index in [-0.39, 0.29) is 11.2 Å². The lowest BCUT2D eigenvalue weighted by Gasteiger charge is -2.18. The highest BCUT2D eigenvalue weighted by Crippen LogP contribution is 2.18. The third-order valence-corrected chi connectivity index (χ3v) is 3.63. The molecule has 2 rings (SSSR count). The molecule has 0 fully saturated rings. The molecule has 0 bridgehead atoms. The normalized spacial score (nSPS) is 10.5. The van der Waals surface area contributed by atoms with Crippen LogP contribution in [0.2, 0.25) is 5.15 Å². The Labute approximate surface area is 128 Å². The predicted octanol–water partition coefficient (Wildman–Crippen LogP) is 2.78. The molecule has 2 aromatic heterocycles. The number of aromatic amines is 1. The summed E-state index contributed by atoms with van der Waals surface area (Å²) < 4.78 is 0. The van der Waals surface area contributed by atoms with Crippen molar-refractivity contribution in [1.29, 1.82) is 0 Å². The van der Waals surface area contributed by atoms with Crippen LogP contribution in [0.25, 0.3) is 0 Å². The van der Waals surface area contributed by atoms with Crippen LogP contribution in [0.1, 0.15) is 17.0 Å². The molecule has 0 saturated heterocycles. The number of hydrogen-bond acceptors (Lipinski definition) is 3. The monoisotopic (exact) mass is 307 g/mol. The average molecular weight is 308 g/mol. The number of nitrogens with one attached hydrogen (secondary N) is 2. The van der Waals surface area contributed by atoms with Gasteiger partial charge >= 0.3 is 6.03 Å². The number of pyridine rings is 1. The highest BCUT2D eigenvalue weighted by atomic mass is 35.5. The van der Waals surface area contributed by atoms with Crippen molar-refractivity contribution in [2.75, 3.05) is 18.9 Å². The number of carbonyl (C=O) groups excluding carboxylic acids is 1. The molecule has 0 aromatic carbocycles. The summed E-state index contributed by atoms with van der Waals surface area (Å²) in [5.74, 6) is 0. The molecule has 0 saturated carbocycles. The molecule has 2 aromatic rings. The van der Waals surface area contributed by atoms with Crippen molar-refractivity contribution >= 4 is 23.3 Å². The Bertz CT molecular complexity index is 621. The summed E-state index contributed by atoms with van der Waals surface area (Å²) in [6, 6.07) is 3.22. The first-order valence-corrected chi connectivity index (χ1v) is 7.00. The number of aryl methyl sites for hydroxylation is 2. The van der Waals surface area contributed by atoms with Crippen molar-refractivity contribution in [2.45, 2.75) is 20.3 Å². The van der Waals surface area contributed by atoms with E-state index in [1.165, 1.54) is 0 Å². The number of nitrogens with zero attached hydrogens (tertiary/aromatic N) is 3. The van der Waals surface area contributed by atoms with Gasteiger partial charge in [0, 0.05) is 25.5 Å². The number of likely N-dealkylation sites (N-methyl/N-ethyl adjacent to an activating group) is 1. The molecule has 2 heterocycles. The van der Waals surface area contributed by atoms with Crippen LogP contribution in [-0.4, -0.2) is 39.7 Å². The van der Waals surface area contributed by atoms with Gasteiger partial charge in [-0.3, -0.25) is 5.10 Å². The van der Waals surface area contributed by atoms with Crippen molar-refractivity contribution in [3.05, 3.63) is 40.4 Å². The van der Waals surface area contributed by atoms with E-state index in [0.717, 1.165) is 23.4 Å². The maximum Gasteiger partial charge on any atom is 0.321 e. The largest absolute Gasteiger partial charge is 0.327 e. The molecule has 21 heavy (non-hydrogen) atoms. The lowest BCUT2D eigenvalue weighted by molar-refractivity contribution is 0.223. The second-order valence-electron chi connectivity index (χ2n) is 4.86. The fourth-order valence-electron chi connectivity index (χ4n) is 2.01. The molecule has 6 nitrogen and oxygen atoms in total. The van der Waals surface area contributed by atoms with Crippen molar-refractivity contribution < 1.29 is 4.79 Å². The first-order valence-electron chi connectivity index (χ1n) is 6.62. The predicted molar refractivity (Wildman–Crippen MR) is 82.7 cm³/mol. The van der Waals surface area contributed by atoms with Crippen molar-refractivity contribution in [3.8, 4) is 0 Å². The van der Waals surface area contributed by atoms with E-state index in [2.05, 4.69) is 20.5 Å². The molecule has 0 spiro atoms. The molecule has 0 unspecified atom stereocenters. The fraction of sp³-hybridized carbons (Fsp3) is 0.357. The van der Waals surface area contributed by atoms with E-state index < -0.39 is 0 Å². The number of anilines is 1. The van der Waals surface area contributed by atoms with Gasteiger partial charge in [0.1, 0.15) is 0 Å². The molecule has 2 N–H and O–H groups in total. The number of hydrogen-bond donors (Lipinski definition) is 2. The summed E-state index contributed by atoms with van der Waals surface area (Å²) in [6.07, 6.45) is 2.32. The Kier molecular flexibility index (Phi) is 4.80. The number of H-pyrrole nitrogens is 1. The number of halogens is 1. The van der Waals surface area contributed by atoms with Crippen molar-refractivity contribution in [1.82, 2.24) is 20.1 Å². The van der Waals surface area contributed by atoms with Gasteiger partial charge in [-0.25, -0.2) is 9.78 Å². The van der Waals surface area contributed by atoms with E-state index in [0.29, 0.717) is 12.2 Å². The van der Waals surface area contributed by atoms with Gasteiger partial charge in [0.05, 0.1) is 11.4 Å². The Morgan fingerprint density at radius 3 is 2.86 bits per heavy atom. The maximum absolute atomic E-state index is 12.1. The zero-order valence-electron chi connectivity index (χ0n) is 12.3. The average Bonchev–Trinajstić information content (AvgIpc) is 2.78. The fourth-order valence-corrected chi connectivity index (χ4v) is 2.18. The smallest absolute Gasteiger partial charge is 0.321 e. The summed E-state index contributed by atoms with van der Waals surface area (Å²) in [4.78, 5) is 17.6. The highest BCUT2D eigenvalue weighted by Gasteiger charge is 2.13. The summed E-state index contributed by atoms with van der Waals surface area (Å²) in [6.45, 7) is 4.52. The van der Waals surface area contributed by atoms with Crippen LogP contribution in [-0.2, 0) is 6.42 Å². The zero-order chi connectivity index (χ0) is 15.4. The van der Waals surface area contributed by atoms with Gasteiger partial charge in [-0.05, 0) is 38.0 Å². The Hall–Kier alpha value is -2.08. The van der Waals surface area contributed by atoms with Crippen molar-refractivity contribution in [2.24, 2.45) is 0 Å². The lowest BCUT2D eigenvalue weighted by Crippen LogP contribution is -2.33. The molecule has 112 valence electrons. The second kappa shape index (κ2) is 6.58. The summed E-state index contributed by atoms with van der Waals surface area (Å²) in [7, 11) is 1.74. The first kappa shape index (κ1) is 15.3. The minimum atomic E-state index is -0.219. The van der Waals surface area contributed by atoms with E-state index in [1.807, 2.05) is 13.8 Å². The number of carbonyl (C=O) groups is 1. The molecule has 7 heteroatoms. The van der Waals surface area contributed by atoms with E-state index in [9.17, 15) is 4.79 Å².